The largest absolute Gasteiger partial charge is 0.356 e. The summed E-state index contributed by atoms with van der Waals surface area (Å²) < 4.78 is 0. The molecule has 7 nitrogen and oxygen atoms in total. The van der Waals surface area contributed by atoms with E-state index in [0.717, 1.165) is 53.9 Å². The number of hydrogen-bond acceptors (Lipinski definition) is 6. The normalized spacial score (nSPS) is 17.3. The highest BCUT2D eigenvalue weighted by Crippen LogP contribution is 2.35. The van der Waals surface area contributed by atoms with E-state index in [9.17, 15) is 9.59 Å². The summed E-state index contributed by atoms with van der Waals surface area (Å²) in [6.45, 7) is 10.4. The molecule has 0 unspecified atom stereocenters. The first-order chi connectivity index (χ1) is 17.0. The molecule has 3 aromatic rings. The molecule has 5 rings (SSSR count). The summed E-state index contributed by atoms with van der Waals surface area (Å²) in [5, 5.41) is 1.16. The molecule has 35 heavy (non-hydrogen) atoms. The Morgan fingerprint density at radius 1 is 0.943 bits per heavy atom. The van der Waals surface area contributed by atoms with Crippen LogP contribution in [0.15, 0.2) is 30.6 Å². The summed E-state index contributed by atoms with van der Waals surface area (Å²) in [6, 6.07) is 7.87. The molecule has 0 saturated carbocycles. The number of aromatic nitrogens is 2. The zero-order valence-electron chi connectivity index (χ0n) is 20.8. The monoisotopic (exact) mass is 491 g/mol. The van der Waals surface area contributed by atoms with Gasteiger partial charge in [-0.25, -0.2) is 9.97 Å². The molecule has 2 fully saturated rings. The number of fused-ring (bicyclic) bond motifs is 1. The summed E-state index contributed by atoms with van der Waals surface area (Å²) in [6.07, 6.45) is 4.28. The van der Waals surface area contributed by atoms with E-state index < -0.39 is 0 Å². The Kier molecular flexibility index (Phi) is 6.73. The second-order valence-electron chi connectivity index (χ2n) is 9.59. The number of piperazine rings is 1. The zero-order chi connectivity index (χ0) is 24.5. The fourth-order valence-electron chi connectivity index (χ4n) is 5.20. The van der Waals surface area contributed by atoms with Crippen LogP contribution in [0.2, 0.25) is 0 Å². The average molecular weight is 492 g/mol. The number of nitrogens with zero attached hydrogens (tertiary/aromatic N) is 5. The number of rotatable bonds is 4. The van der Waals surface area contributed by atoms with Gasteiger partial charge in [0.15, 0.2) is 0 Å². The third kappa shape index (κ3) is 4.63. The highest BCUT2D eigenvalue weighted by Gasteiger charge is 2.32. The second-order valence-corrected chi connectivity index (χ2v) is 10.8. The molecule has 2 aliphatic rings. The molecule has 2 saturated heterocycles. The van der Waals surface area contributed by atoms with Gasteiger partial charge in [0.1, 0.15) is 17.0 Å². The number of carbonyl (C=O) groups is 2. The molecule has 0 bridgehead atoms. The summed E-state index contributed by atoms with van der Waals surface area (Å²) in [7, 11) is 0. The van der Waals surface area contributed by atoms with E-state index in [1.54, 1.807) is 17.7 Å². The van der Waals surface area contributed by atoms with Crippen LogP contribution in [0, 0.1) is 19.8 Å². The minimum absolute atomic E-state index is 0.0396. The predicted octanol–water partition coefficient (Wildman–Crippen LogP) is 4.07. The van der Waals surface area contributed by atoms with Gasteiger partial charge < -0.3 is 14.7 Å². The van der Waals surface area contributed by atoms with Crippen LogP contribution in [0.4, 0.5) is 5.82 Å². The third-order valence-corrected chi connectivity index (χ3v) is 8.69. The molecule has 0 spiro atoms. The van der Waals surface area contributed by atoms with E-state index in [1.165, 1.54) is 16.0 Å². The van der Waals surface area contributed by atoms with Crippen molar-refractivity contribution in [2.45, 2.75) is 40.0 Å². The maximum absolute atomic E-state index is 13.3. The lowest BCUT2D eigenvalue weighted by atomic mass is 9.94. The maximum atomic E-state index is 13.3. The third-order valence-electron chi connectivity index (χ3n) is 7.58. The second kappa shape index (κ2) is 9.93. The highest BCUT2D eigenvalue weighted by molar-refractivity contribution is 7.18. The number of amides is 2. The Labute approximate surface area is 210 Å². The van der Waals surface area contributed by atoms with E-state index in [1.807, 2.05) is 34.1 Å². The standard InChI is InChI=1S/C27H33N5O2S/c1-4-20-5-7-21(8-6-20)26(33)31-13-15-32(16-14-31)27(34)22-9-11-30(12-10-22)24-23-18(2)19(3)35-25(23)29-17-28-24/h5-8,17,22H,4,9-16H2,1-3H3. The Morgan fingerprint density at radius 2 is 1.60 bits per heavy atom. The van der Waals surface area contributed by atoms with Crippen LogP contribution in [-0.4, -0.2) is 70.9 Å². The first-order valence-corrected chi connectivity index (χ1v) is 13.4. The number of thiophene rings is 1. The summed E-state index contributed by atoms with van der Waals surface area (Å²) in [5.41, 5.74) is 3.21. The van der Waals surface area contributed by atoms with Gasteiger partial charge >= 0.3 is 0 Å². The SMILES string of the molecule is CCc1ccc(C(=O)N2CCN(C(=O)C3CCN(c4ncnc5sc(C)c(C)c45)CC3)CC2)cc1. The predicted molar refractivity (Wildman–Crippen MR) is 140 cm³/mol. The Hall–Kier alpha value is -3.00. The van der Waals surface area contributed by atoms with Crippen molar-refractivity contribution < 1.29 is 9.59 Å². The minimum Gasteiger partial charge on any atom is -0.356 e. The first-order valence-electron chi connectivity index (χ1n) is 12.6. The molecule has 1 aromatic carbocycles. The lowest BCUT2D eigenvalue weighted by Crippen LogP contribution is -2.53. The van der Waals surface area contributed by atoms with Gasteiger partial charge in [0, 0.05) is 55.6 Å². The number of piperidine rings is 1. The number of hydrogen-bond donors (Lipinski definition) is 0. The number of anilines is 1. The molecule has 0 atom stereocenters. The van der Waals surface area contributed by atoms with Crippen molar-refractivity contribution in [3.8, 4) is 0 Å². The van der Waals surface area contributed by atoms with Crippen molar-refractivity contribution in [2.75, 3.05) is 44.2 Å². The molecule has 2 aliphatic heterocycles. The molecule has 8 heteroatoms. The highest BCUT2D eigenvalue weighted by atomic mass is 32.1. The first kappa shape index (κ1) is 23.7. The van der Waals surface area contributed by atoms with Crippen molar-refractivity contribution in [3.05, 3.63) is 52.2 Å². The quantitative estimate of drug-likeness (QED) is 0.550. The molecule has 184 valence electrons. The van der Waals surface area contributed by atoms with E-state index in [2.05, 4.69) is 35.6 Å². The molecule has 0 aliphatic carbocycles. The topological polar surface area (TPSA) is 69.6 Å². The van der Waals surface area contributed by atoms with Crippen molar-refractivity contribution in [2.24, 2.45) is 5.92 Å². The smallest absolute Gasteiger partial charge is 0.253 e. The summed E-state index contributed by atoms with van der Waals surface area (Å²) >= 11 is 1.72. The zero-order valence-corrected chi connectivity index (χ0v) is 21.6. The van der Waals surface area contributed by atoms with Crippen LogP contribution in [0.25, 0.3) is 10.2 Å². The number of benzene rings is 1. The molecule has 2 aromatic heterocycles. The van der Waals surface area contributed by atoms with Gasteiger partial charge in [-0.2, -0.15) is 0 Å². The van der Waals surface area contributed by atoms with Crippen molar-refractivity contribution in [1.82, 2.24) is 19.8 Å². The molecule has 0 radical (unpaired) electrons. The number of aryl methyl sites for hydroxylation is 3. The van der Waals surface area contributed by atoms with Crippen LogP contribution in [0.3, 0.4) is 0 Å². The van der Waals surface area contributed by atoms with Gasteiger partial charge in [0.05, 0.1) is 5.39 Å². The Morgan fingerprint density at radius 3 is 2.26 bits per heavy atom. The van der Waals surface area contributed by atoms with Gasteiger partial charge in [0.25, 0.3) is 5.91 Å². The minimum atomic E-state index is 0.0396. The van der Waals surface area contributed by atoms with Crippen molar-refractivity contribution in [1.29, 1.82) is 0 Å². The van der Waals surface area contributed by atoms with Crippen LogP contribution < -0.4 is 4.90 Å². The lowest BCUT2D eigenvalue weighted by molar-refractivity contribution is -0.137. The van der Waals surface area contributed by atoms with E-state index in [4.69, 9.17) is 0 Å². The number of carbonyl (C=O) groups excluding carboxylic acids is 2. The average Bonchev–Trinajstić information content (AvgIpc) is 3.21. The lowest BCUT2D eigenvalue weighted by Gasteiger charge is -2.39. The van der Waals surface area contributed by atoms with E-state index in [-0.39, 0.29) is 17.7 Å². The van der Waals surface area contributed by atoms with Crippen LogP contribution in [0.5, 0.6) is 0 Å². The van der Waals surface area contributed by atoms with Gasteiger partial charge in [-0.05, 0) is 56.4 Å². The van der Waals surface area contributed by atoms with Gasteiger partial charge in [-0.1, -0.05) is 19.1 Å². The Balaban J connectivity index is 1.16. The van der Waals surface area contributed by atoms with Crippen LogP contribution in [0.1, 0.15) is 46.1 Å². The molecular weight excluding hydrogens is 458 g/mol. The maximum Gasteiger partial charge on any atom is 0.253 e. The van der Waals surface area contributed by atoms with Crippen molar-refractivity contribution >= 4 is 39.2 Å². The van der Waals surface area contributed by atoms with Crippen molar-refractivity contribution in [3.63, 3.8) is 0 Å². The molecular formula is C27H33N5O2S. The van der Waals surface area contributed by atoms with Gasteiger partial charge in [-0.15, -0.1) is 11.3 Å². The van der Waals surface area contributed by atoms with Gasteiger partial charge in [-0.3, -0.25) is 9.59 Å². The fraction of sp³-hybridized carbons (Fsp3) is 0.481. The van der Waals surface area contributed by atoms with E-state index >= 15 is 0 Å². The molecule has 4 heterocycles. The summed E-state index contributed by atoms with van der Waals surface area (Å²) in [4.78, 5) is 43.7. The van der Waals surface area contributed by atoms with Crippen LogP contribution in [-0.2, 0) is 11.2 Å². The van der Waals surface area contributed by atoms with Crippen LogP contribution >= 0.6 is 11.3 Å². The Bertz CT molecular complexity index is 1220. The summed E-state index contributed by atoms with van der Waals surface area (Å²) in [5.74, 6) is 1.34. The molecule has 2 amide bonds. The molecule has 0 N–H and O–H groups in total. The fourth-order valence-corrected chi connectivity index (χ4v) is 6.19. The van der Waals surface area contributed by atoms with E-state index in [0.29, 0.717) is 26.2 Å². The van der Waals surface area contributed by atoms with Gasteiger partial charge in [0.2, 0.25) is 5.91 Å².